The van der Waals surface area contributed by atoms with E-state index in [1.54, 1.807) is 5.57 Å². The van der Waals surface area contributed by atoms with E-state index in [2.05, 4.69) is 74.6 Å². The normalized spacial score (nSPS) is 21.6. The largest absolute Gasteiger partial charge is 3.00 e. The molecule has 1 radical (unpaired) electrons. The Morgan fingerprint density at radius 1 is 0.955 bits per heavy atom. The fourth-order valence-electron chi connectivity index (χ4n) is 3.98. The van der Waals surface area contributed by atoms with Gasteiger partial charge in [0, 0.05) is 0 Å². The molecule has 1 aliphatic rings. The summed E-state index contributed by atoms with van der Waals surface area (Å²) in [6, 6.07) is 0. The number of hydrogen-bond donors (Lipinski definition) is 0. The van der Waals surface area contributed by atoms with E-state index >= 15 is 0 Å². The average Bonchev–Trinajstić information content (AvgIpc) is 2.42. The third-order valence-corrected chi connectivity index (χ3v) is 20.1. The van der Waals surface area contributed by atoms with Crippen molar-refractivity contribution in [3.05, 3.63) is 22.8 Å². The Morgan fingerprint density at radius 3 is 1.55 bits per heavy atom. The van der Waals surface area contributed by atoms with E-state index in [1.165, 1.54) is 11.1 Å². The molecule has 0 aliphatic heterocycles. The molecule has 0 aromatic rings. The number of halogens is 2. The molecule has 0 fully saturated rings. The van der Waals surface area contributed by atoms with Crippen LogP contribution in [0.4, 0.5) is 0 Å². The molecule has 0 heterocycles. The van der Waals surface area contributed by atoms with Gasteiger partial charge < -0.3 is 24.8 Å². The monoisotopic (exact) mass is 413 g/mol. The average molecular weight is 414 g/mol. The quantitative estimate of drug-likeness (QED) is 0.354. The van der Waals surface area contributed by atoms with Gasteiger partial charge in [-0.25, -0.2) is 5.57 Å². The molecule has 0 bridgehead atoms. The zero-order chi connectivity index (χ0) is 15.2. The summed E-state index contributed by atoms with van der Waals surface area (Å²) in [7, 11) is -1.34. The molecular weight excluding hydrogens is 382 g/mol. The Labute approximate surface area is 168 Å². The standard InChI is InChI=1S/C17H32PSi.2ClH.Ti/c1-12(2)18(13(3)4)19(9,10)17(8)11-14(5)15(6)16(17)7;;;/h12-13H,1-10H3;2*1H;/q-1;;;+3/p-2. The molecule has 0 saturated heterocycles. The zero-order valence-electron chi connectivity index (χ0n) is 15.9. The van der Waals surface area contributed by atoms with Crippen LogP contribution in [0.15, 0.2) is 16.7 Å². The van der Waals surface area contributed by atoms with E-state index < -0.39 is 7.74 Å². The Bertz CT molecular complexity index is 422. The van der Waals surface area contributed by atoms with Crippen molar-refractivity contribution in [1.82, 2.24) is 0 Å². The van der Waals surface area contributed by atoms with E-state index in [4.69, 9.17) is 0 Å². The van der Waals surface area contributed by atoms with Gasteiger partial charge in [-0.1, -0.05) is 66.6 Å². The molecule has 0 spiro atoms. The van der Waals surface area contributed by atoms with Gasteiger partial charge in [0.05, 0.1) is 7.74 Å². The first kappa shape index (κ1) is 28.2. The van der Waals surface area contributed by atoms with Crippen LogP contribution in [0.5, 0.6) is 0 Å². The summed E-state index contributed by atoms with van der Waals surface area (Å²) in [5.41, 5.74) is 6.12. The second kappa shape index (κ2) is 9.79. The van der Waals surface area contributed by atoms with Crippen LogP contribution in [0, 0.1) is 6.08 Å². The van der Waals surface area contributed by atoms with Crippen molar-refractivity contribution in [1.29, 1.82) is 0 Å². The fourth-order valence-corrected chi connectivity index (χ4v) is 19.8. The Kier molecular flexibility index (Phi) is 12.6. The molecule has 1 atom stereocenters. The molecule has 0 amide bonds. The Hall–Kier alpha value is 1.42. The van der Waals surface area contributed by atoms with Crippen molar-refractivity contribution in [3.63, 3.8) is 0 Å². The van der Waals surface area contributed by atoms with Crippen LogP contribution in [0.25, 0.3) is 0 Å². The second-order valence-corrected chi connectivity index (χ2v) is 19.2. The predicted molar refractivity (Wildman–Crippen MR) is 93.8 cm³/mol. The molecule has 1 rings (SSSR count). The minimum absolute atomic E-state index is 0. The molecule has 0 nitrogen and oxygen atoms in total. The number of hydrogen-bond acceptors (Lipinski definition) is 0. The van der Waals surface area contributed by atoms with Gasteiger partial charge in [-0.2, -0.15) is 11.1 Å². The summed E-state index contributed by atoms with van der Waals surface area (Å²) in [6.45, 7) is 24.3. The molecule has 0 aromatic carbocycles. The van der Waals surface area contributed by atoms with Crippen LogP contribution in [0.3, 0.4) is 0 Å². The maximum Gasteiger partial charge on any atom is 3.00 e. The summed E-state index contributed by atoms with van der Waals surface area (Å²) in [6.07, 6.45) is 3.88. The molecule has 0 aromatic heterocycles. The van der Waals surface area contributed by atoms with Crippen molar-refractivity contribution in [2.45, 2.75) is 84.8 Å². The van der Waals surface area contributed by atoms with Crippen LogP contribution in [-0.4, -0.2) is 19.1 Å². The summed E-state index contributed by atoms with van der Waals surface area (Å²) < 4.78 is 0. The van der Waals surface area contributed by atoms with Crippen molar-refractivity contribution in [2.24, 2.45) is 0 Å². The first-order chi connectivity index (χ1) is 8.46. The summed E-state index contributed by atoms with van der Waals surface area (Å²) in [5, 5.41) is 0.238. The molecule has 1 unspecified atom stereocenters. The maximum atomic E-state index is 3.88. The van der Waals surface area contributed by atoms with Crippen LogP contribution < -0.4 is 24.8 Å². The fraction of sp³-hybridized carbons (Fsp3) is 0.765. The van der Waals surface area contributed by atoms with E-state index in [0.29, 0.717) is 0 Å². The molecule has 0 N–H and O–H groups in total. The first-order valence-corrected chi connectivity index (χ1v) is 12.9. The van der Waals surface area contributed by atoms with Gasteiger partial charge in [0.2, 0.25) is 0 Å². The summed E-state index contributed by atoms with van der Waals surface area (Å²) in [4.78, 5) is 0. The van der Waals surface area contributed by atoms with Gasteiger partial charge in [0.25, 0.3) is 0 Å². The molecule has 0 saturated carbocycles. The smallest absolute Gasteiger partial charge is 1.00 e. The van der Waals surface area contributed by atoms with E-state index in [-0.39, 0.29) is 59.0 Å². The van der Waals surface area contributed by atoms with E-state index in [0.717, 1.165) is 11.3 Å². The number of rotatable bonds is 4. The molecule has 1 aliphatic carbocycles. The van der Waals surface area contributed by atoms with Crippen LogP contribution in [0.1, 0.15) is 55.4 Å². The second-order valence-electron chi connectivity index (χ2n) is 7.28. The molecule has 127 valence electrons. The van der Waals surface area contributed by atoms with E-state index in [9.17, 15) is 0 Å². The summed E-state index contributed by atoms with van der Waals surface area (Å²) >= 11 is 0. The third kappa shape index (κ3) is 4.74. The van der Waals surface area contributed by atoms with Crippen LogP contribution >= 0.6 is 7.47 Å². The van der Waals surface area contributed by atoms with Gasteiger partial charge in [-0.15, -0.1) is 14.4 Å². The van der Waals surface area contributed by atoms with Crippen molar-refractivity contribution in [3.8, 4) is 0 Å². The molecular formula is C17H32Cl2PSiTi. The van der Waals surface area contributed by atoms with Crippen molar-refractivity contribution >= 4 is 15.2 Å². The zero-order valence-corrected chi connectivity index (χ0v) is 20.8. The third-order valence-electron chi connectivity index (χ3n) is 5.29. The van der Waals surface area contributed by atoms with Gasteiger partial charge in [0.15, 0.2) is 0 Å². The maximum absolute atomic E-state index is 3.88. The van der Waals surface area contributed by atoms with Gasteiger partial charge in [-0.05, 0) is 11.3 Å². The molecule has 22 heavy (non-hydrogen) atoms. The number of allylic oxidation sites excluding steroid dienone is 4. The Balaban J connectivity index is -0.00000120. The topological polar surface area (TPSA) is 0 Å². The van der Waals surface area contributed by atoms with Crippen molar-refractivity contribution in [2.75, 3.05) is 0 Å². The van der Waals surface area contributed by atoms with Gasteiger partial charge in [0.1, 0.15) is 0 Å². The first-order valence-electron chi connectivity index (χ1n) is 7.55. The minimum Gasteiger partial charge on any atom is -1.00 e. The van der Waals surface area contributed by atoms with Crippen molar-refractivity contribution < 1.29 is 46.5 Å². The van der Waals surface area contributed by atoms with E-state index in [1.807, 2.05) is 0 Å². The van der Waals surface area contributed by atoms with Gasteiger partial charge in [-0.3, -0.25) is 6.08 Å². The van der Waals surface area contributed by atoms with Gasteiger partial charge >= 0.3 is 21.7 Å². The Morgan fingerprint density at radius 2 is 1.32 bits per heavy atom. The summed E-state index contributed by atoms with van der Waals surface area (Å²) in [5.74, 6) is 0. The predicted octanol–water partition coefficient (Wildman–Crippen LogP) is 0.355. The van der Waals surface area contributed by atoms with Crippen LogP contribution in [-0.2, 0) is 21.7 Å². The van der Waals surface area contributed by atoms with Crippen LogP contribution in [0.2, 0.25) is 18.1 Å². The SMILES string of the molecule is CC1=[C-]C(C)([Si](C)(C)P(C(C)C)C(C)C)C(C)=C1C.[Cl-].[Cl-].[Ti+3]. The molecule has 5 heteroatoms. The minimum atomic E-state index is -1.42.